The highest BCUT2D eigenvalue weighted by atomic mass is 19.1. The molecule has 2 aromatic carbocycles. The second-order valence-electron chi connectivity index (χ2n) is 5.50. The van der Waals surface area contributed by atoms with Crippen LogP contribution in [0.5, 0.6) is 0 Å². The molecule has 0 radical (unpaired) electrons. The lowest BCUT2D eigenvalue weighted by Crippen LogP contribution is -2.14. The Hall–Kier alpha value is -1.67. The van der Waals surface area contributed by atoms with Crippen molar-refractivity contribution in [3.05, 3.63) is 71.0 Å². The van der Waals surface area contributed by atoms with Crippen LogP contribution >= 0.6 is 0 Å². The van der Waals surface area contributed by atoms with Gasteiger partial charge < -0.3 is 5.73 Å². The van der Waals surface area contributed by atoms with Gasteiger partial charge in [-0.15, -0.1) is 0 Å². The van der Waals surface area contributed by atoms with E-state index in [1.807, 2.05) is 19.1 Å². The first-order valence-corrected chi connectivity index (χ1v) is 6.73. The molecule has 0 amide bonds. The third kappa shape index (κ3) is 2.54. The molecule has 0 heterocycles. The van der Waals surface area contributed by atoms with Gasteiger partial charge in [-0.2, -0.15) is 0 Å². The molecule has 3 atom stereocenters. The molecule has 0 bridgehead atoms. The third-order valence-corrected chi connectivity index (χ3v) is 3.98. The van der Waals surface area contributed by atoms with Crippen LogP contribution in [0.15, 0.2) is 48.5 Å². The number of hydrogen-bond donors (Lipinski definition) is 1. The first-order chi connectivity index (χ1) is 9.15. The number of halogens is 1. The summed E-state index contributed by atoms with van der Waals surface area (Å²) in [5.41, 5.74) is 9.49. The van der Waals surface area contributed by atoms with Crippen molar-refractivity contribution in [3.8, 4) is 0 Å². The number of hydrogen-bond acceptors (Lipinski definition) is 1. The second-order valence-corrected chi connectivity index (χ2v) is 5.50. The van der Waals surface area contributed by atoms with Gasteiger partial charge in [0.2, 0.25) is 0 Å². The Morgan fingerprint density at radius 3 is 2.58 bits per heavy atom. The fourth-order valence-corrected chi connectivity index (χ4v) is 2.90. The van der Waals surface area contributed by atoms with Gasteiger partial charge in [0.1, 0.15) is 5.82 Å². The van der Waals surface area contributed by atoms with E-state index in [-0.39, 0.29) is 11.9 Å². The SMILES string of the molecule is Cc1cc(F)cc(C(N)C2CC2c2ccccc2)c1. The fraction of sp³-hybridized carbons (Fsp3) is 0.294. The first kappa shape index (κ1) is 12.4. The molecular formula is C17H18FN. The Kier molecular flexibility index (Phi) is 3.11. The molecule has 1 fully saturated rings. The topological polar surface area (TPSA) is 26.0 Å². The molecule has 2 heteroatoms. The first-order valence-electron chi connectivity index (χ1n) is 6.73. The predicted octanol–water partition coefficient (Wildman–Crippen LogP) is 3.94. The molecule has 0 aromatic heterocycles. The number of benzene rings is 2. The maximum atomic E-state index is 13.4. The number of nitrogens with two attached hydrogens (primary N) is 1. The maximum absolute atomic E-state index is 13.4. The third-order valence-electron chi connectivity index (χ3n) is 3.98. The number of aryl methyl sites for hydroxylation is 1. The summed E-state index contributed by atoms with van der Waals surface area (Å²) in [5, 5.41) is 0. The van der Waals surface area contributed by atoms with E-state index in [1.165, 1.54) is 11.6 Å². The largest absolute Gasteiger partial charge is 0.324 e. The van der Waals surface area contributed by atoms with Gasteiger partial charge in [-0.1, -0.05) is 36.4 Å². The minimum absolute atomic E-state index is 0.0698. The Labute approximate surface area is 113 Å². The monoisotopic (exact) mass is 255 g/mol. The lowest BCUT2D eigenvalue weighted by Gasteiger charge is -2.13. The van der Waals surface area contributed by atoms with Crippen LogP contribution in [0.2, 0.25) is 0 Å². The summed E-state index contributed by atoms with van der Waals surface area (Å²) >= 11 is 0. The normalized spacial score (nSPS) is 23.1. The van der Waals surface area contributed by atoms with Crippen LogP contribution in [0.3, 0.4) is 0 Å². The smallest absolute Gasteiger partial charge is 0.123 e. The van der Waals surface area contributed by atoms with E-state index in [2.05, 4.69) is 24.3 Å². The molecular weight excluding hydrogens is 237 g/mol. The highest BCUT2D eigenvalue weighted by Crippen LogP contribution is 2.53. The molecule has 3 unspecified atom stereocenters. The molecule has 3 rings (SSSR count). The van der Waals surface area contributed by atoms with E-state index in [4.69, 9.17) is 5.73 Å². The van der Waals surface area contributed by atoms with E-state index >= 15 is 0 Å². The highest BCUT2D eigenvalue weighted by Gasteiger charge is 2.42. The Bertz CT molecular complexity index is 559. The van der Waals surface area contributed by atoms with Crippen molar-refractivity contribution in [2.45, 2.75) is 25.3 Å². The van der Waals surface area contributed by atoms with Crippen LogP contribution in [-0.4, -0.2) is 0 Å². The molecule has 98 valence electrons. The summed E-state index contributed by atoms with van der Waals surface area (Å²) in [7, 11) is 0. The van der Waals surface area contributed by atoms with Crippen LogP contribution < -0.4 is 5.73 Å². The van der Waals surface area contributed by atoms with E-state index in [0.717, 1.165) is 17.5 Å². The molecule has 0 spiro atoms. The zero-order valence-electron chi connectivity index (χ0n) is 11.0. The van der Waals surface area contributed by atoms with Crippen LogP contribution in [0, 0.1) is 18.7 Å². The van der Waals surface area contributed by atoms with Gasteiger partial charge in [-0.3, -0.25) is 0 Å². The molecule has 1 aliphatic carbocycles. The van der Waals surface area contributed by atoms with Gasteiger partial charge in [0.05, 0.1) is 0 Å². The maximum Gasteiger partial charge on any atom is 0.123 e. The van der Waals surface area contributed by atoms with E-state index in [1.54, 1.807) is 6.07 Å². The van der Waals surface area contributed by atoms with Crippen molar-refractivity contribution in [1.82, 2.24) is 0 Å². The molecule has 1 nitrogen and oxygen atoms in total. The zero-order valence-corrected chi connectivity index (χ0v) is 11.0. The Morgan fingerprint density at radius 1 is 1.16 bits per heavy atom. The van der Waals surface area contributed by atoms with E-state index in [9.17, 15) is 4.39 Å². The summed E-state index contributed by atoms with van der Waals surface area (Å²) in [5.74, 6) is 0.769. The zero-order chi connectivity index (χ0) is 13.4. The Morgan fingerprint density at radius 2 is 1.89 bits per heavy atom. The standard InChI is InChI=1S/C17H18FN/c1-11-7-13(9-14(18)8-11)17(19)16-10-15(16)12-5-3-2-4-6-12/h2-9,15-17H,10,19H2,1H3. The molecule has 0 saturated heterocycles. The predicted molar refractivity (Wildman–Crippen MR) is 75.4 cm³/mol. The van der Waals surface area contributed by atoms with Crippen LogP contribution in [-0.2, 0) is 0 Å². The van der Waals surface area contributed by atoms with Gasteiger partial charge in [0, 0.05) is 6.04 Å². The van der Waals surface area contributed by atoms with Crippen molar-refractivity contribution in [2.75, 3.05) is 0 Å². The lowest BCUT2D eigenvalue weighted by atomic mass is 9.98. The van der Waals surface area contributed by atoms with Gasteiger partial charge in [-0.05, 0) is 54.0 Å². The molecule has 0 aliphatic heterocycles. The van der Waals surface area contributed by atoms with Gasteiger partial charge in [-0.25, -0.2) is 4.39 Å². The van der Waals surface area contributed by atoms with Crippen molar-refractivity contribution in [1.29, 1.82) is 0 Å². The van der Waals surface area contributed by atoms with Crippen LogP contribution in [0.4, 0.5) is 4.39 Å². The van der Waals surface area contributed by atoms with Crippen molar-refractivity contribution in [3.63, 3.8) is 0 Å². The van der Waals surface area contributed by atoms with Gasteiger partial charge in [0.25, 0.3) is 0 Å². The Balaban J connectivity index is 1.78. The number of rotatable bonds is 3. The highest BCUT2D eigenvalue weighted by molar-refractivity contribution is 5.32. The second kappa shape index (κ2) is 4.78. The summed E-state index contributed by atoms with van der Waals surface area (Å²) in [6, 6.07) is 15.5. The minimum Gasteiger partial charge on any atom is -0.324 e. The van der Waals surface area contributed by atoms with E-state index in [0.29, 0.717) is 11.8 Å². The average Bonchev–Trinajstić information content (AvgIpc) is 3.18. The van der Waals surface area contributed by atoms with E-state index < -0.39 is 0 Å². The van der Waals surface area contributed by atoms with Crippen molar-refractivity contribution in [2.24, 2.45) is 11.7 Å². The average molecular weight is 255 g/mol. The molecule has 2 N–H and O–H groups in total. The summed E-state index contributed by atoms with van der Waals surface area (Å²) in [6.45, 7) is 1.90. The summed E-state index contributed by atoms with van der Waals surface area (Å²) in [4.78, 5) is 0. The molecule has 1 aliphatic rings. The summed E-state index contributed by atoms with van der Waals surface area (Å²) < 4.78 is 13.4. The van der Waals surface area contributed by atoms with Crippen molar-refractivity contribution < 1.29 is 4.39 Å². The molecule has 1 saturated carbocycles. The quantitative estimate of drug-likeness (QED) is 0.883. The molecule has 19 heavy (non-hydrogen) atoms. The minimum atomic E-state index is -0.192. The van der Waals surface area contributed by atoms with Gasteiger partial charge in [0.15, 0.2) is 0 Å². The summed E-state index contributed by atoms with van der Waals surface area (Å²) in [6.07, 6.45) is 1.10. The lowest BCUT2D eigenvalue weighted by molar-refractivity contribution is 0.592. The van der Waals surface area contributed by atoms with Crippen molar-refractivity contribution >= 4 is 0 Å². The molecule has 2 aromatic rings. The van der Waals surface area contributed by atoms with Crippen LogP contribution in [0.1, 0.15) is 35.1 Å². The fourth-order valence-electron chi connectivity index (χ4n) is 2.90. The van der Waals surface area contributed by atoms with Crippen LogP contribution in [0.25, 0.3) is 0 Å². The van der Waals surface area contributed by atoms with Gasteiger partial charge >= 0.3 is 0 Å².